The monoisotopic (exact) mass is 277 g/mol. The molecule has 1 aliphatic heterocycles. The van der Waals surface area contributed by atoms with Gasteiger partial charge in [0.05, 0.1) is 0 Å². The Bertz CT molecular complexity index is 357. The number of carbonyl (C=O) groups is 1. The first-order valence-corrected chi connectivity index (χ1v) is 6.65. The first-order valence-electron chi connectivity index (χ1n) is 6.65. The summed E-state index contributed by atoms with van der Waals surface area (Å²) in [6.07, 6.45) is 1.06. The highest BCUT2D eigenvalue weighted by Gasteiger charge is 2.64. The Hall–Kier alpha value is -0.910. The predicted molar refractivity (Wildman–Crippen MR) is 65.3 cm³/mol. The van der Waals surface area contributed by atoms with Gasteiger partial charge in [-0.05, 0) is 46.5 Å². The van der Waals surface area contributed by atoms with Crippen LogP contribution in [-0.4, -0.2) is 35.9 Å². The predicted octanol–water partition coefficient (Wildman–Crippen LogP) is 2.86. The van der Waals surface area contributed by atoms with E-state index in [1.54, 1.807) is 20.8 Å². The van der Waals surface area contributed by atoms with E-state index >= 15 is 0 Å². The SMILES string of the molecule is CC(C)(C)OC(=O)NC1CCC2(CC1)OCC2(F)F. The third-order valence-corrected chi connectivity index (χ3v) is 3.71. The van der Waals surface area contributed by atoms with Gasteiger partial charge in [0.25, 0.3) is 5.92 Å². The molecule has 0 aromatic heterocycles. The molecule has 0 atom stereocenters. The Morgan fingerprint density at radius 3 is 2.26 bits per heavy atom. The van der Waals surface area contributed by atoms with Crippen LogP contribution in [0.25, 0.3) is 0 Å². The lowest BCUT2D eigenvalue weighted by atomic mass is 9.75. The number of hydrogen-bond acceptors (Lipinski definition) is 3. The van der Waals surface area contributed by atoms with E-state index in [0.29, 0.717) is 12.8 Å². The maximum atomic E-state index is 13.5. The molecule has 1 aliphatic carbocycles. The average molecular weight is 277 g/mol. The number of ether oxygens (including phenoxy) is 2. The fraction of sp³-hybridized carbons (Fsp3) is 0.923. The molecule has 0 bridgehead atoms. The number of amides is 1. The van der Waals surface area contributed by atoms with Crippen molar-refractivity contribution >= 4 is 6.09 Å². The van der Waals surface area contributed by atoms with Crippen LogP contribution in [0.15, 0.2) is 0 Å². The number of carbonyl (C=O) groups excluding carboxylic acids is 1. The highest BCUT2D eigenvalue weighted by atomic mass is 19.3. The summed E-state index contributed by atoms with van der Waals surface area (Å²) in [7, 11) is 0. The summed E-state index contributed by atoms with van der Waals surface area (Å²) < 4.78 is 37.2. The molecular weight excluding hydrogens is 256 g/mol. The maximum absolute atomic E-state index is 13.5. The summed E-state index contributed by atoms with van der Waals surface area (Å²) in [6.45, 7) is 4.87. The van der Waals surface area contributed by atoms with E-state index in [-0.39, 0.29) is 18.9 Å². The third kappa shape index (κ3) is 2.99. The van der Waals surface area contributed by atoms with E-state index in [9.17, 15) is 13.6 Å². The van der Waals surface area contributed by atoms with Crippen LogP contribution in [0.4, 0.5) is 13.6 Å². The Kier molecular flexibility index (Phi) is 3.49. The standard InChI is InChI=1S/C13H21F2NO3/c1-11(2,3)19-10(17)16-9-4-6-12(7-5-9)13(14,15)8-18-12/h9H,4-8H2,1-3H3,(H,16,17). The molecule has 1 spiro atoms. The number of rotatable bonds is 1. The van der Waals surface area contributed by atoms with E-state index in [1.165, 1.54) is 0 Å². The van der Waals surface area contributed by atoms with Crippen LogP contribution in [0, 0.1) is 0 Å². The van der Waals surface area contributed by atoms with Crippen molar-refractivity contribution in [3.05, 3.63) is 0 Å². The van der Waals surface area contributed by atoms with E-state index in [1.807, 2.05) is 0 Å². The topological polar surface area (TPSA) is 47.6 Å². The molecule has 19 heavy (non-hydrogen) atoms. The van der Waals surface area contributed by atoms with Crippen molar-refractivity contribution in [1.29, 1.82) is 0 Å². The second-order valence-electron chi connectivity index (χ2n) is 6.41. The normalized spacial score (nSPS) is 33.6. The van der Waals surface area contributed by atoms with Crippen molar-refractivity contribution in [3.8, 4) is 0 Å². The molecule has 6 heteroatoms. The van der Waals surface area contributed by atoms with Crippen LogP contribution in [0.5, 0.6) is 0 Å². The largest absolute Gasteiger partial charge is 0.444 e. The summed E-state index contributed by atoms with van der Waals surface area (Å²) >= 11 is 0. The first kappa shape index (κ1) is 14.5. The molecule has 1 saturated carbocycles. The lowest BCUT2D eigenvalue weighted by Crippen LogP contribution is -2.65. The zero-order valence-electron chi connectivity index (χ0n) is 11.6. The fourth-order valence-electron chi connectivity index (χ4n) is 2.60. The Balaban J connectivity index is 1.80. The third-order valence-electron chi connectivity index (χ3n) is 3.71. The molecule has 2 rings (SSSR count). The van der Waals surface area contributed by atoms with Gasteiger partial charge in [0.15, 0.2) is 0 Å². The number of alkyl carbamates (subject to hydrolysis) is 1. The van der Waals surface area contributed by atoms with E-state index in [2.05, 4.69) is 5.32 Å². The lowest BCUT2D eigenvalue weighted by molar-refractivity contribution is -0.338. The molecule has 2 fully saturated rings. The molecular formula is C13H21F2NO3. The number of hydrogen-bond donors (Lipinski definition) is 1. The Labute approximate surface area is 111 Å². The van der Waals surface area contributed by atoms with Crippen LogP contribution in [0.3, 0.4) is 0 Å². The smallest absolute Gasteiger partial charge is 0.407 e. The lowest BCUT2D eigenvalue weighted by Gasteiger charge is -2.52. The van der Waals surface area contributed by atoms with Gasteiger partial charge in [-0.15, -0.1) is 0 Å². The van der Waals surface area contributed by atoms with Gasteiger partial charge in [0.2, 0.25) is 0 Å². The zero-order valence-corrected chi connectivity index (χ0v) is 11.6. The summed E-state index contributed by atoms with van der Waals surface area (Å²) in [5, 5.41) is 2.73. The summed E-state index contributed by atoms with van der Waals surface area (Å²) in [5.74, 6) is -2.72. The van der Waals surface area contributed by atoms with Gasteiger partial charge >= 0.3 is 6.09 Å². The van der Waals surface area contributed by atoms with Gasteiger partial charge in [-0.25, -0.2) is 13.6 Å². The van der Waals surface area contributed by atoms with Gasteiger partial charge in [-0.2, -0.15) is 0 Å². The van der Waals surface area contributed by atoms with Gasteiger partial charge < -0.3 is 14.8 Å². The molecule has 2 aliphatic rings. The molecule has 1 N–H and O–H groups in total. The van der Waals surface area contributed by atoms with E-state index in [0.717, 1.165) is 0 Å². The van der Waals surface area contributed by atoms with Crippen LogP contribution in [0.2, 0.25) is 0 Å². The molecule has 4 nitrogen and oxygen atoms in total. The second-order valence-corrected chi connectivity index (χ2v) is 6.41. The van der Waals surface area contributed by atoms with Crippen LogP contribution in [0.1, 0.15) is 46.5 Å². The van der Waals surface area contributed by atoms with Crippen LogP contribution in [-0.2, 0) is 9.47 Å². The Morgan fingerprint density at radius 2 is 1.89 bits per heavy atom. The van der Waals surface area contributed by atoms with Crippen molar-refractivity contribution in [2.75, 3.05) is 6.61 Å². The molecule has 110 valence electrons. The maximum Gasteiger partial charge on any atom is 0.407 e. The number of alkyl halides is 2. The molecule has 1 amide bonds. The van der Waals surface area contributed by atoms with Gasteiger partial charge in [-0.3, -0.25) is 0 Å². The summed E-state index contributed by atoms with van der Waals surface area (Å²) in [5.41, 5.74) is -1.83. The molecule has 0 unspecified atom stereocenters. The Morgan fingerprint density at radius 1 is 1.32 bits per heavy atom. The van der Waals surface area contributed by atoms with Crippen molar-refractivity contribution in [2.45, 2.75) is 69.6 Å². The minimum absolute atomic E-state index is 0.111. The molecule has 0 aromatic carbocycles. The summed E-state index contributed by atoms with van der Waals surface area (Å²) in [6, 6.07) is -0.111. The highest BCUT2D eigenvalue weighted by Crippen LogP contribution is 2.50. The van der Waals surface area contributed by atoms with Crippen LogP contribution < -0.4 is 5.32 Å². The van der Waals surface area contributed by atoms with E-state index in [4.69, 9.17) is 9.47 Å². The number of halogens is 2. The first-order chi connectivity index (χ1) is 8.64. The van der Waals surface area contributed by atoms with E-state index < -0.39 is 29.8 Å². The molecule has 0 radical (unpaired) electrons. The van der Waals surface area contributed by atoms with Crippen molar-refractivity contribution in [3.63, 3.8) is 0 Å². The summed E-state index contributed by atoms with van der Waals surface area (Å²) in [4.78, 5) is 11.6. The minimum atomic E-state index is -2.72. The average Bonchev–Trinajstić information content (AvgIpc) is 2.26. The second kappa shape index (κ2) is 4.58. The molecule has 0 aromatic rings. The molecule has 1 saturated heterocycles. The molecule has 1 heterocycles. The van der Waals surface area contributed by atoms with Crippen molar-refractivity contribution in [1.82, 2.24) is 5.32 Å². The number of nitrogens with one attached hydrogen (secondary N) is 1. The van der Waals surface area contributed by atoms with Gasteiger partial charge in [-0.1, -0.05) is 0 Å². The zero-order chi connectivity index (χ0) is 14.3. The minimum Gasteiger partial charge on any atom is -0.444 e. The van der Waals surface area contributed by atoms with Crippen LogP contribution >= 0.6 is 0 Å². The van der Waals surface area contributed by atoms with Gasteiger partial charge in [0.1, 0.15) is 17.8 Å². The van der Waals surface area contributed by atoms with Gasteiger partial charge in [0, 0.05) is 6.04 Å². The van der Waals surface area contributed by atoms with Crippen molar-refractivity contribution in [2.24, 2.45) is 0 Å². The highest BCUT2D eigenvalue weighted by molar-refractivity contribution is 5.68. The quantitative estimate of drug-likeness (QED) is 0.801. The van der Waals surface area contributed by atoms with Crippen molar-refractivity contribution < 1.29 is 23.0 Å². The fourth-order valence-corrected chi connectivity index (χ4v) is 2.60.